The average molecular weight is 362 g/mol. The molecule has 0 aromatic heterocycles. The second-order valence-corrected chi connectivity index (χ2v) is 7.63. The van der Waals surface area contributed by atoms with Gasteiger partial charge < -0.3 is 10.2 Å². The van der Waals surface area contributed by atoms with Gasteiger partial charge in [-0.3, -0.25) is 9.59 Å². The van der Waals surface area contributed by atoms with Gasteiger partial charge >= 0.3 is 0 Å². The zero-order valence-corrected chi connectivity index (χ0v) is 15.8. The quantitative estimate of drug-likeness (QED) is 0.885. The zero-order valence-electron chi connectivity index (χ0n) is 15.8. The predicted octanol–water partition coefficient (Wildman–Crippen LogP) is 4.29. The number of hydrogen-bond acceptors (Lipinski definition) is 2. The molecule has 2 amide bonds. The average Bonchev–Trinajstić information content (AvgIpc) is 3.23. The maximum Gasteiger partial charge on any atom is 0.255 e. The lowest BCUT2D eigenvalue weighted by atomic mass is 9.82. The third kappa shape index (κ3) is 3.48. The molecular weight excluding hydrogens is 336 g/mol. The molecule has 140 valence electrons. The SMILES string of the molecule is Cc1cccc(C(=O)N2CCCC2)c1NC(=O)C1CCCc2ccccc21. The number of rotatable bonds is 3. The molecule has 1 N–H and O–H groups in total. The third-order valence-electron chi connectivity index (χ3n) is 5.83. The molecule has 0 saturated carbocycles. The molecule has 1 saturated heterocycles. The van der Waals surface area contributed by atoms with Gasteiger partial charge in [-0.05, 0) is 61.8 Å². The van der Waals surface area contributed by atoms with Gasteiger partial charge in [-0.2, -0.15) is 0 Å². The molecule has 4 nitrogen and oxygen atoms in total. The minimum Gasteiger partial charge on any atom is -0.339 e. The Balaban J connectivity index is 1.61. The molecule has 0 spiro atoms. The first-order valence-corrected chi connectivity index (χ1v) is 9.92. The lowest BCUT2D eigenvalue weighted by Gasteiger charge is -2.26. The molecular formula is C23H26N2O2. The van der Waals surface area contributed by atoms with Crippen LogP contribution in [0.5, 0.6) is 0 Å². The minimum atomic E-state index is -0.149. The summed E-state index contributed by atoms with van der Waals surface area (Å²) >= 11 is 0. The summed E-state index contributed by atoms with van der Waals surface area (Å²) in [7, 11) is 0. The summed E-state index contributed by atoms with van der Waals surface area (Å²) in [5, 5.41) is 3.11. The molecule has 1 fully saturated rings. The van der Waals surface area contributed by atoms with Gasteiger partial charge in [-0.1, -0.05) is 36.4 Å². The van der Waals surface area contributed by atoms with Crippen molar-refractivity contribution in [1.82, 2.24) is 4.90 Å². The lowest BCUT2D eigenvalue weighted by molar-refractivity contribution is -0.117. The van der Waals surface area contributed by atoms with E-state index >= 15 is 0 Å². The highest BCUT2D eigenvalue weighted by molar-refractivity contribution is 6.06. The summed E-state index contributed by atoms with van der Waals surface area (Å²) in [6.45, 7) is 3.55. The van der Waals surface area contributed by atoms with Crippen LogP contribution in [0.3, 0.4) is 0 Å². The molecule has 4 heteroatoms. The van der Waals surface area contributed by atoms with Crippen molar-refractivity contribution in [2.75, 3.05) is 18.4 Å². The molecule has 27 heavy (non-hydrogen) atoms. The second kappa shape index (κ2) is 7.55. The third-order valence-corrected chi connectivity index (χ3v) is 5.83. The van der Waals surface area contributed by atoms with Crippen LogP contribution in [-0.2, 0) is 11.2 Å². The van der Waals surface area contributed by atoms with Crippen LogP contribution in [0.4, 0.5) is 5.69 Å². The first kappa shape index (κ1) is 17.8. The number of para-hydroxylation sites is 1. The molecule has 1 aliphatic carbocycles. The van der Waals surface area contributed by atoms with E-state index in [1.165, 1.54) is 5.56 Å². The van der Waals surface area contributed by atoms with Crippen molar-refractivity contribution in [2.45, 2.75) is 44.9 Å². The number of fused-ring (bicyclic) bond motifs is 1. The Morgan fingerprint density at radius 2 is 1.78 bits per heavy atom. The summed E-state index contributed by atoms with van der Waals surface area (Å²) in [5.41, 5.74) is 4.60. The van der Waals surface area contributed by atoms with Crippen molar-refractivity contribution >= 4 is 17.5 Å². The number of nitrogens with zero attached hydrogens (tertiary/aromatic N) is 1. The summed E-state index contributed by atoms with van der Waals surface area (Å²) < 4.78 is 0. The molecule has 2 aromatic carbocycles. The maximum absolute atomic E-state index is 13.1. The van der Waals surface area contributed by atoms with Crippen LogP contribution in [0.2, 0.25) is 0 Å². The van der Waals surface area contributed by atoms with Gasteiger partial charge in [-0.15, -0.1) is 0 Å². The van der Waals surface area contributed by atoms with E-state index < -0.39 is 0 Å². The van der Waals surface area contributed by atoms with Gasteiger partial charge in [0.25, 0.3) is 5.91 Å². The van der Waals surface area contributed by atoms with Crippen LogP contribution in [0.25, 0.3) is 0 Å². The van der Waals surface area contributed by atoms with E-state index in [-0.39, 0.29) is 17.7 Å². The van der Waals surface area contributed by atoms with Crippen molar-refractivity contribution in [3.8, 4) is 0 Å². The van der Waals surface area contributed by atoms with Crippen molar-refractivity contribution in [1.29, 1.82) is 0 Å². The number of carbonyl (C=O) groups excluding carboxylic acids is 2. The molecule has 1 atom stereocenters. The Bertz CT molecular complexity index is 868. The molecule has 0 bridgehead atoms. The summed E-state index contributed by atoms with van der Waals surface area (Å²) in [6, 6.07) is 13.9. The van der Waals surface area contributed by atoms with Crippen LogP contribution in [0.1, 0.15) is 58.6 Å². The van der Waals surface area contributed by atoms with Gasteiger partial charge in [-0.25, -0.2) is 0 Å². The van der Waals surface area contributed by atoms with E-state index in [1.807, 2.05) is 42.2 Å². The zero-order chi connectivity index (χ0) is 18.8. The van der Waals surface area contributed by atoms with Crippen molar-refractivity contribution in [2.24, 2.45) is 0 Å². The molecule has 0 radical (unpaired) electrons. The minimum absolute atomic E-state index is 0.00748. The van der Waals surface area contributed by atoms with E-state index in [0.29, 0.717) is 11.3 Å². The van der Waals surface area contributed by atoms with E-state index in [9.17, 15) is 9.59 Å². The lowest BCUT2D eigenvalue weighted by Crippen LogP contribution is -2.30. The van der Waals surface area contributed by atoms with E-state index in [0.717, 1.165) is 56.3 Å². The molecule has 1 unspecified atom stereocenters. The molecule has 4 rings (SSSR count). The number of hydrogen-bond donors (Lipinski definition) is 1. The standard InChI is InChI=1S/C23H26N2O2/c1-16-8-6-13-20(23(27)25-14-4-5-15-25)21(16)24-22(26)19-12-7-10-17-9-2-3-11-18(17)19/h2-3,6,8-9,11,13,19H,4-5,7,10,12,14-15H2,1H3,(H,24,26). The number of amides is 2. The van der Waals surface area contributed by atoms with Crippen LogP contribution in [0, 0.1) is 6.92 Å². The highest BCUT2D eigenvalue weighted by Crippen LogP contribution is 2.33. The van der Waals surface area contributed by atoms with Gasteiger partial charge in [0.05, 0.1) is 17.2 Å². The fourth-order valence-electron chi connectivity index (χ4n) is 4.34. The normalized spacial score (nSPS) is 18.9. The van der Waals surface area contributed by atoms with Crippen molar-refractivity contribution in [3.05, 3.63) is 64.7 Å². The smallest absolute Gasteiger partial charge is 0.255 e. The number of aryl methyl sites for hydroxylation is 2. The molecule has 1 aliphatic heterocycles. The Labute approximate surface area is 160 Å². The van der Waals surface area contributed by atoms with Crippen LogP contribution < -0.4 is 5.32 Å². The predicted molar refractivity (Wildman–Crippen MR) is 107 cm³/mol. The highest BCUT2D eigenvalue weighted by atomic mass is 16.2. The fourth-order valence-corrected chi connectivity index (χ4v) is 4.34. The fraction of sp³-hybridized carbons (Fsp3) is 0.391. The highest BCUT2D eigenvalue weighted by Gasteiger charge is 2.28. The monoisotopic (exact) mass is 362 g/mol. The van der Waals surface area contributed by atoms with E-state index in [2.05, 4.69) is 17.4 Å². The summed E-state index contributed by atoms with van der Waals surface area (Å²) in [5.74, 6) is -0.133. The number of nitrogens with one attached hydrogen (secondary N) is 1. The number of carbonyl (C=O) groups is 2. The van der Waals surface area contributed by atoms with Gasteiger partial charge in [0.15, 0.2) is 0 Å². The van der Waals surface area contributed by atoms with E-state index in [1.54, 1.807) is 0 Å². The van der Waals surface area contributed by atoms with Crippen LogP contribution in [-0.4, -0.2) is 29.8 Å². The number of likely N-dealkylation sites (tertiary alicyclic amines) is 1. The Morgan fingerprint density at radius 1 is 1.00 bits per heavy atom. The number of anilines is 1. The van der Waals surface area contributed by atoms with Gasteiger partial charge in [0, 0.05) is 13.1 Å². The largest absolute Gasteiger partial charge is 0.339 e. The second-order valence-electron chi connectivity index (χ2n) is 7.63. The van der Waals surface area contributed by atoms with Gasteiger partial charge in [0.1, 0.15) is 0 Å². The Hall–Kier alpha value is -2.62. The van der Waals surface area contributed by atoms with Crippen LogP contribution >= 0.6 is 0 Å². The first-order chi connectivity index (χ1) is 13.1. The van der Waals surface area contributed by atoms with Gasteiger partial charge in [0.2, 0.25) is 5.91 Å². The molecule has 2 aromatic rings. The summed E-state index contributed by atoms with van der Waals surface area (Å²) in [4.78, 5) is 28.0. The molecule has 1 heterocycles. The van der Waals surface area contributed by atoms with Crippen molar-refractivity contribution < 1.29 is 9.59 Å². The van der Waals surface area contributed by atoms with Crippen molar-refractivity contribution in [3.63, 3.8) is 0 Å². The first-order valence-electron chi connectivity index (χ1n) is 9.92. The summed E-state index contributed by atoms with van der Waals surface area (Å²) in [6.07, 6.45) is 5.01. The maximum atomic E-state index is 13.1. The topological polar surface area (TPSA) is 49.4 Å². The van der Waals surface area contributed by atoms with E-state index in [4.69, 9.17) is 0 Å². The Kier molecular flexibility index (Phi) is 4.97. The number of benzene rings is 2. The Morgan fingerprint density at radius 3 is 2.59 bits per heavy atom. The molecule has 2 aliphatic rings. The van der Waals surface area contributed by atoms with Crippen LogP contribution in [0.15, 0.2) is 42.5 Å².